The Morgan fingerprint density at radius 2 is 2.41 bits per heavy atom. The number of aliphatic hydroxyl groups excluding tert-OH is 1. The standard InChI is InChI=1S/C13H19BrO2S/c14-10-7-13(17-9-10)8-11(15)4-5-12-3-1-2-6-16-12/h7,9,11-12,15H,1-6,8H2. The normalized spacial score (nSPS) is 22.6. The second-order valence-corrected chi connectivity index (χ2v) is 6.57. The van der Waals surface area contributed by atoms with Crippen LogP contribution < -0.4 is 0 Å². The van der Waals surface area contributed by atoms with E-state index in [1.807, 2.05) is 0 Å². The molecule has 2 unspecified atom stereocenters. The molecule has 1 aromatic rings. The minimum Gasteiger partial charge on any atom is -0.393 e. The molecule has 96 valence electrons. The molecule has 0 radical (unpaired) electrons. The molecule has 0 aromatic carbocycles. The van der Waals surface area contributed by atoms with Crippen LogP contribution in [0.4, 0.5) is 0 Å². The fraction of sp³-hybridized carbons (Fsp3) is 0.692. The van der Waals surface area contributed by atoms with Crippen molar-refractivity contribution in [2.75, 3.05) is 6.61 Å². The average Bonchev–Trinajstić information content (AvgIpc) is 2.73. The fourth-order valence-corrected chi connectivity index (χ4v) is 3.73. The molecule has 2 atom stereocenters. The van der Waals surface area contributed by atoms with Crippen LogP contribution >= 0.6 is 27.3 Å². The predicted molar refractivity (Wildman–Crippen MR) is 74.6 cm³/mol. The lowest BCUT2D eigenvalue weighted by atomic mass is 10.0. The van der Waals surface area contributed by atoms with Crippen LogP contribution in [0.15, 0.2) is 15.9 Å². The number of hydrogen-bond donors (Lipinski definition) is 1. The highest BCUT2D eigenvalue weighted by atomic mass is 79.9. The van der Waals surface area contributed by atoms with E-state index in [0.717, 1.165) is 36.8 Å². The summed E-state index contributed by atoms with van der Waals surface area (Å²) < 4.78 is 6.78. The summed E-state index contributed by atoms with van der Waals surface area (Å²) in [5, 5.41) is 12.0. The van der Waals surface area contributed by atoms with Gasteiger partial charge in [0.1, 0.15) is 0 Å². The van der Waals surface area contributed by atoms with Gasteiger partial charge in [-0.2, -0.15) is 0 Å². The van der Waals surface area contributed by atoms with Gasteiger partial charge in [0.15, 0.2) is 0 Å². The van der Waals surface area contributed by atoms with E-state index in [-0.39, 0.29) is 6.10 Å². The van der Waals surface area contributed by atoms with Crippen molar-refractivity contribution in [3.63, 3.8) is 0 Å². The van der Waals surface area contributed by atoms with Crippen LogP contribution in [-0.4, -0.2) is 23.9 Å². The SMILES string of the molecule is OC(CCC1CCCCO1)Cc1cc(Br)cs1. The van der Waals surface area contributed by atoms with Crippen LogP contribution in [0, 0.1) is 0 Å². The van der Waals surface area contributed by atoms with E-state index in [4.69, 9.17) is 4.74 Å². The van der Waals surface area contributed by atoms with Crippen LogP contribution in [0.2, 0.25) is 0 Å². The van der Waals surface area contributed by atoms with Crippen molar-refractivity contribution in [1.82, 2.24) is 0 Å². The molecule has 1 aliphatic heterocycles. The molecule has 1 aromatic heterocycles. The summed E-state index contributed by atoms with van der Waals surface area (Å²) in [4.78, 5) is 1.24. The number of halogens is 1. The summed E-state index contributed by atoms with van der Waals surface area (Å²) in [6, 6.07) is 2.09. The van der Waals surface area contributed by atoms with Crippen molar-refractivity contribution in [2.45, 2.75) is 50.7 Å². The Kier molecular flexibility index (Phi) is 5.48. The largest absolute Gasteiger partial charge is 0.393 e. The van der Waals surface area contributed by atoms with Crippen molar-refractivity contribution in [1.29, 1.82) is 0 Å². The molecule has 0 bridgehead atoms. The highest BCUT2D eigenvalue weighted by Gasteiger charge is 2.16. The minimum atomic E-state index is -0.230. The van der Waals surface area contributed by atoms with Crippen LogP contribution in [0.3, 0.4) is 0 Å². The topological polar surface area (TPSA) is 29.5 Å². The van der Waals surface area contributed by atoms with E-state index in [0.29, 0.717) is 6.10 Å². The van der Waals surface area contributed by atoms with E-state index in [1.165, 1.54) is 17.7 Å². The Morgan fingerprint density at radius 1 is 1.53 bits per heavy atom. The number of thiophene rings is 1. The first-order chi connectivity index (χ1) is 8.24. The van der Waals surface area contributed by atoms with Crippen molar-refractivity contribution in [3.05, 3.63) is 20.8 Å². The van der Waals surface area contributed by atoms with Gasteiger partial charge in [-0.05, 0) is 54.1 Å². The first-order valence-corrected chi connectivity index (χ1v) is 7.94. The summed E-state index contributed by atoms with van der Waals surface area (Å²) in [6.45, 7) is 0.901. The molecular formula is C13H19BrO2S. The first kappa shape index (κ1) is 13.5. The molecule has 17 heavy (non-hydrogen) atoms. The molecule has 0 amide bonds. The third-order valence-electron chi connectivity index (χ3n) is 3.15. The lowest BCUT2D eigenvalue weighted by Crippen LogP contribution is -2.21. The predicted octanol–water partition coefficient (Wildman–Crippen LogP) is 3.76. The first-order valence-electron chi connectivity index (χ1n) is 6.26. The lowest BCUT2D eigenvalue weighted by Gasteiger charge is -2.23. The quantitative estimate of drug-likeness (QED) is 0.895. The number of aliphatic hydroxyl groups is 1. The van der Waals surface area contributed by atoms with Gasteiger partial charge in [-0.3, -0.25) is 0 Å². The zero-order chi connectivity index (χ0) is 12.1. The van der Waals surface area contributed by atoms with Crippen LogP contribution in [0.1, 0.15) is 37.0 Å². The van der Waals surface area contributed by atoms with Crippen molar-refractivity contribution in [3.8, 4) is 0 Å². The molecule has 1 saturated heterocycles. The van der Waals surface area contributed by atoms with Gasteiger partial charge in [0.2, 0.25) is 0 Å². The van der Waals surface area contributed by atoms with Gasteiger partial charge in [-0.1, -0.05) is 0 Å². The van der Waals surface area contributed by atoms with Crippen molar-refractivity contribution in [2.24, 2.45) is 0 Å². The molecule has 1 fully saturated rings. The molecule has 1 aliphatic rings. The Hall–Kier alpha value is 0.1000. The minimum absolute atomic E-state index is 0.230. The van der Waals surface area contributed by atoms with Gasteiger partial charge in [0.25, 0.3) is 0 Å². The van der Waals surface area contributed by atoms with Crippen LogP contribution in [0.25, 0.3) is 0 Å². The zero-order valence-corrected chi connectivity index (χ0v) is 12.3. The maximum absolute atomic E-state index is 9.98. The Balaban J connectivity index is 1.68. The van der Waals surface area contributed by atoms with Crippen molar-refractivity contribution < 1.29 is 9.84 Å². The van der Waals surface area contributed by atoms with E-state index in [9.17, 15) is 5.11 Å². The molecule has 2 rings (SSSR count). The average molecular weight is 319 g/mol. The molecular weight excluding hydrogens is 300 g/mol. The summed E-state index contributed by atoms with van der Waals surface area (Å²) in [5.74, 6) is 0. The fourth-order valence-electron chi connectivity index (χ4n) is 2.21. The Bertz CT molecular complexity index is 334. The van der Waals surface area contributed by atoms with Crippen LogP contribution in [0.5, 0.6) is 0 Å². The highest BCUT2D eigenvalue weighted by Crippen LogP contribution is 2.23. The summed E-state index contributed by atoms with van der Waals surface area (Å²) in [7, 11) is 0. The third kappa shape index (κ3) is 4.70. The van der Waals surface area contributed by atoms with E-state index < -0.39 is 0 Å². The monoisotopic (exact) mass is 318 g/mol. The zero-order valence-electron chi connectivity index (χ0n) is 9.90. The lowest BCUT2D eigenvalue weighted by molar-refractivity contribution is 0.00239. The van der Waals surface area contributed by atoms with E-state index in [1.54, 1.807) is 11.3 Å². The Morgan fingerprint density at radius 3 is 3.06 bits per heavy atom. The maximum Gasteiger partial charge on any atom is 0.0589 e. The molecule has 2 nitrogen and oxygen atoms in total. The molecule has 0 spiro atoms. The number of rotatable bonds is 5. The maximum atomic E-state index is 9.98. The molecule has 2 heterocycles. The van der Waals surface area contributed by atoms with Gasteiger partial charge < -0.3 is 9.84 Å². The molecule has 1 N–H and O–H groups in total. The summed E-state index contributed by atoms with van der Waals surface area (Å²) in [5.41, 5.74) is 0. The van der Waals surface area contributed by atoms with Gasteiger partial charge in [0.05, 0.1) is 12.2 Å². The van der Waals surface area contributed by atoms with Crippen LogP contribution in [-0.2, 0) is 11.2 Å². The summed E-state index contributed by atoms with van der Waals surface area (Å²) >= 11 is 5.13. The van der Waals surface area contributed by atoms with Crippen molar-refractivity contribution >= 4 is 27.3 Å². The van der Waals surface area contributed by atoms with E-state index in [2.05, 4.69) is 27.4 Å². The number of ether oxygens (including phenoxy) is 1. The van der Waals surface area contributed by atoms with Gasteiger partial charge in [-0.25, -0.2) is 0 Å². The second-order valence-electron chi connectivity index (χ2n) is 4.66. The molecule has 4 heteroatoms. The Labute approximate surface area is 115 Å². The highest BCUT2D eigenvalue weighted by molar-refractivity contribution is 9.10. The van der Waals surface area contributed by atoms with Gasteiger partial charge >= 0.3 is 0 Å². The second kappa shape index (κ2) is 6.88. The molecule has 0 saturated carbocycles. The number of hydrogen-bond acceptors (Lipinski definition) is 3. The van der Waals surface area contributed by atoms with Gasteiger partial charge in [0, 0.05) is 27.8 Å². The molecule has 0 aliphatic carbocycles. The van der Waals surface area contributed by atoms with E-state index >= 15 is 0 Å². The third-order valence-corrected chi connectivity index (χ3v) is 4.87. The van der Waals surface area contributed by atoms with Gasteiger partial charge in [-0.15, -0.1) is 11.3 Å². The smallest absolute Gasteiger partial charge is 0.0589 e. The summed E-state index contributed by atoms with van der Waals surface area (Å²) in [6.07, 6.45) is 6.40.